The summed E-state index contributed by atoms with van der Waals surface area (Å²) < 4.78 is 25.1. The van der Waals surface area contributed by atoms with Crippen molar-refractivity contribution >= 4 is 10.0 Å². The van der Waals surface area contributed by atoms with E-state index in [9.17, 15) is 7.61 Å². The van der Waals surface area contributed by atoms with Crippen LogP contribution < -0.4 is 3.79 Å². The molecule has 0 saturated carbocycles. The summed E-state index contributed by atoms with van der Waals surface area (Å²) in [5.41, 5.74) is 0. The molecule has 60 valence electrons. The molecule has 0 spiro atoms. The van der Waals surface area contributed by atoms with Crippen molar-refractivity contribution in [3.63, 3.8) is 0 Å². The maximum absolute atomic E-state index is 10.4. The van der Waals surface area contributed by atoms with Crippen molar-refractivity contribution in [2.24, 2.45) is 0 Å². The van der Waals surface area contributed by atoms with Crippen LogP contribution in [0.5, 0.6) is 5.88 Å². The van der Waals surface area contributed by atoms with Gasteiger partial charge in [-0.3, -0.25) is 0 Å². The molecule has 0 saturated heterocycles. The van der Waals surface area contributed by atoms with Gasteiger partial charge in [-0.25, -0.2) is 0 Å². The third-order valence-electron chi connectivity index (χ3n) is 0.823. The number of rotatable bonds is 2. The number of aromatic nitrogens is 1. The van der Waals surface area contributed by atoms with Gasteiger partial charge in [-0.2, -0.15) is 0 Å². The molecule has 0 atom stereocenters. The Kier molecular flexibility index (Phi) is 2.45. The molecule has 1 heterocycles. The SMILES string of the molecule is [O]=[Cr](=[O])([Cl])[O]c1ccccn1. The molecule has 0 aliphatic rings. The minimum atomic E-state index is -4.65. The van der Waals surface area contributed by atoms with Gasteiger partial charge in [0.2, 0.25) is 0 Å². The van der Waals surface area contributed by atoms with E-state index < -0.39 is 12.4 Å². The van der Waals surface area contributed by atoms with Crippen molar-refractivity contribution in [3.8, 4) is 5.88 Å². The van der Waals surface area contributed by atoms with Gasteiger partial charge >= 0.3 is 69.1 Å². The van der Waals surface area contributed by atoms with E-state index in [-0.39, 0.29) is 5.88 Å². The summed E-state index contributed by atoms with van der Waals surface area (Å²) in [4.78, 5) is 3.60. The van der Waals surface area contributed by atoms with Crippen LogP contribution in [0.3, 0.4) is 0 Å². The number of halogens is 1. The molecule has 1 aromatic heterocycles. The standard InChI is InChI=1S/C5H5NO.ClH.Cr.2O/c7-5-3-1-2-4-6-5;;;;/h1-4H,(H,6,7);1H;;;/q;;+2;;/p-2. The van der Waals surface area contributed by atoms with Crippen molar-refractivity contribution in [1.29, 1.82) is 0 Å². The van der Waals surface area contributed by atoms with Crippen LogP contribution >= 0.6 is 10.0 Å². The van der Waals surface area contributed by atoms with Crippen LogP contribution in [-0.4, -0.2) is 4.98 Å². The fraction of sp³-hybridized carbons (Fsp3) is 0. The van der Waals surface area contributed by atoms with E-state index in [1.54, 1.807) is 12.1 Å². The predicted octanol–water partition coefficient (Wildman–Crippen LogP) is 1.37. The zero-order valence-corrected chi connectivity index (χ0v) is 7.30. The van der Waals surface area contributed by atoms with Crippen LogP contribution in [0.1, 0.15) is 0 Å². The summed E-state index contributed by atoms with van der Waals surface area (Å²) in [6.45, 7) is 0. The Hall–Kier alpha value is -0.628. The summed E-state index contributed by atoms with van der Waals surface area (Å²) in [5.74, 6) is -0.00694. The Labute approximate surface area is 69.4 Å². The van der Waals surface area contributed by atoms with Gasteiger partial charge in [0.1, 0.15) is 0 Å². The second kappa shape index (κ2) is 3.18. The van der Waals surface area contributed by atoms with Crippen LogP contribution in [0.15, 0.2) is 24.4 Å². The van der Waals surface area contributed by atoms with Crippen LogP contribution in [-0.2, 0) is 20.0 Å². The molecule has 0 aliphatic heterocycles. The Morgan fingerprint density at radius 3 is 2.64 bits per heavy atom. The minimum absolute atomic E-state index is 0.00694. The van der Waals surface area contributed by atoms with Crippen LogP contribution in [0.2, 0.25) is 0 Å². The normalized spacial score (nSPS) is 11.0. The summed E-state index contributed by atoms with van der Waals surface area (Å²) in [6, 6.07) is 4.65. The van der Waals surface area contributed by atoms with E-state index >= 15 is 0 Å². The fourth-order valence-corrected chi connectivity index (χ4v) is 1.24. The van der Waals surface area contributed by atoms with Gasteiger partial charge in [0.05, 0.1) is 0 Å². The van der Waals surface area contributed by atoms with Gasteiger partial charge in [-0.05, 0) is 0 Å². The molecule has 6 heteroatoms. The topological polar surface area (TPSA) is 56.3 Å². The third kappa shape index (κ3) is 3.33. The monoisotopic (exact) mass is 213 g/mol. The van der Waals surface area contributed by atoms with Crippen LogP contribution in [0.4, 0.5) is 0 Å². The van der Waals surface area contributed by atoms with Gasteiger partial charge in [-0.15, -0.1) is 0 Å². The van der Waals surface area contributed by atoms with E-state index in [0.29, 0.717) is 0 Å². The van der Waals surface area contributed by atoms with Gasteiger partial charge in [-0.1, -0.05) is 0 Å². The van der Waals surface area contributed by atoms with Crippen molar-refractivity contribution in [1.82, 2.24) is 4.98 Å². The van der Waals surface area contributed by atoms with E-state index in [0.717, 1.165) is 0 Å². The van der Waals surface area contributed by atoms with E-state index in [2.05, 4.69) is 8.77 Å². The molecular weight excluding hydrogens is 210 g/mol. The van der Waals surface area contributed by atoms with Gasteiger partial charge in [0.25, 0.3) is 0 Å². The van der Waals surface area contributed by atoms with Gasteiger partial charge in [0, 0.05) is 0 Å². The van der Waals surface area contributed by atoms with Gasteiger partial charge < -0.3 is 0 Å². The first-order valence-electron chi connectivity index (χ1n) is 2.63. The molecule has 0 bridgehead atoms. The zero-order valence-electron chi connectivity index (χ0n) is 5.27. The average molecular weight is 214 g/mol. The number of hydrogen-bond acceptors (Lipinski definition) is 4. The molecule has 0 radical (unpaired) electrons. The molecule has 11 heavy (non-hydrogen) atoms. The second-order valence-electron chi connectivity index (χ2n) is 1.64. The summed E-state index contributed by atoms with van der Waals surface area (Å²) in [5, 5.41) is 0. The Morgan fingerprint density at radius 2 is 2.18 bits per heavy atom. The zero-order chi connectivity index (χ0) is 8.32. The molecule has 0 amide bonds. The second-order valence-corrected chi connectivity index (χ2v) is 4.69. The van der Waals surface area contributed by atoms with Crippen LogP contribution in [0.25, 0.3) is 0 Å². The third-order valence-corrected chi connectivity index (χ3v) is 1.66. The van der Waals surface area contributed by atoms with E-state index in [4.69, 9.17) is 10.0 Å². The summed E-state index contributed by atoms with van der Waals surface area (Å²) in [6.07, 6.45) is 1.41. The van der Waals surface area contributed by atoms with Crippen molar-refractivity contribution < 1.29 is 23.8 Å². The quantitative estimate of drug-likeness (QED) is 0.745. The molecular formula is C5H4ClCrNO3. The van der Waals surface area contributed by atoms with E-state index in [1.165, 1.54) is 12.3 Å². The number of hydrogen-bond donors (Lipinski definition) is 0. The summed E-state index contributed by atoms with van der Waals surface area (Å²) >= 11 is -4.65. The molecule has 0 N–H and O–H groups in total. The molecule has 4 nitrogen and oxygen atoms in total. The molecule has 0 fully saturated rings. The fourth-order valence-electron chi connectivity index (χ4n) is 0.498. The predicted molar refractivity (Wildman–Crippen MR) is 32.1 cm³/mol. The van der Waals surface area contributed by atoms with Crippen molar-refractivity contribution in [3.05, 3.63) is 24.4 Å². The Bertz CT molecular complexity index is 323. The molecule has 0 unspecified atom stereocenters. The summed E-state index contributed by atoms with van der Waals surface area (Å²) in [7, 11) is 4.85. The molecule has 1 rings (SSSR count). The molecule has 0 aliphatic carbocycles. The van der Waals surface area contributed by atoms with Crippen molar-refractivity contribution in [2.45, 2.75) is 0 Å². The van der Waals surface area contributed by atoms with Crippen LogP contribution in [0, 0.1) is 0 Å². The maximum atomic E-state index is 10.4. The Morgan fingerprint density at radius 1 is 1.45 bits per heavy atom. The van der Waals surface area contributed by atoms with E-state index in [1.807, 2.05) is 0 Å². The van der Waals surface area contributed by atoms with Gasteiger partial charge in [0.15, 0.2) is 0 Å². The first-order chi connectivity index (χ1) is 5.08. The number of nitrogens with zero attached hydrogens (tertiary/aromatic N) is 1. The average Bonchev–Trinajstić information content (AvgIpc) is 1.85. The van der Waals surface area contributed by atoms with Crippen molar-refractivity contribution in [2.75, 3.05) is 0 Å². The number of pyridine rings is 1. The first-order valence-corrected chi connectivity index (χ1v) is 5.94. The molecule has 1 aromatic rings. The first kappa shape index (κ1) is 8.47. The molecule has 0 aromatic carbocycles. The Balaban J connectivity index is 2.82.